The van der Waals surface area contributed by atoms with Crippen molar-refractivity contribution in [1.29, 1.82) is 0 Å². The predicted molar refractivity (Wildman–Crippen MR) is 106 cm³/mol. The first-order valence-electron chi connectivity index (χ1n) is 8.85. The van der Waals surface area contributed by atoms with E-state index in [0.717, 1.165) is 22.3 Å². The Morgan fingerprint density at radius 2 is 1.22 bits per heavy atom. The van der Waals surface area contributed by atoms with E-state index < -0.39 is 5.41 Å². The molecule has 0 bridgehead atoms. The molecule has 3 rings (SSSR count). The highest BCUT2D eigenvalue weighted by molar-refractivity contribution is 6.33. The Bertz CT molecular complexity index is 818. The molecule has 0 saturated carbocycles. The van der Waals surface area contributed by atoms with Crippen molar-refractivity contribution < 1.29 is 19.1 Å². The van der Waals surface area contributed by atoms with Crippen LogP contribution in [0.5, 0.6) is 0 Å². The Labute approximate surface area is 162 Å². The van der Waals surface area contributed by atoms with Crippen LogP contribution in [0.2, 0.25) is 0 Å². The molecule has 0 saturated heterocycles. The lowest BCUT2D eigenvalue weighted by Crippen LogP contribution is -2.29. The molecule has 0 aromatic heterocycles. The van der Waals surface area contributed by atoms with Crippen molar-refractivity contribution in [2.24, 2.45) is 0 Å². The average Bonchev–Trinajstić information content (AvgIpc) is 2.93. The SMILES string of the molecule is [B]c1ccc2c(c1)C(CCC(=O)OC)(CCC(=O)OC)c1cc([B])ccc1-2. The molecule has 27 heavy (non-hydrogen) atoms. The number of carbonyl (C=O) groups is 2. The first-order chi connectivity index (χ1) is 12.9. The molecule has 1 aliphatic carbocycles. The maximum Gasteiger partial charge on any atom is 0.305 e. The molecular weight excluding hydrogens is 338 g/mol. The van der Waals surface area contributed by atoms with E-state index >= 15 is 0 Å². The van der Waals surface area contributed by atoms with Gasteiger partial charge in [0.1, 0.15) is 15.7 Å². The van der Waals surface area contributed by atoms with Crippen molar-refractivity contribution in [3.8, 4) is 11.1 Å². The first-order valence-corrected chi connectivity index (χ1v) is 8.85. The Morgan fingerprint density at radius 1 is 0.815 bits per heavy atom. The van der Waals surface area contributed by atoms with Gasteiger partial charge in [0.2, 0.25) is 0 Å². The van der Waals surface area contributed by atoms with Crippen LogP contribution in [0.3, 0.4) is 0 Å². The largest absolute Gasteiger partial charge is 0.469 e. The van der Waals surface area contributed by atoms with Crippen LogP contribution < -0.4 is 10.9 Å². The third-order valence-electron chi connectivity index (χ3n) is 5.38. The van der Waals surface area contributed by atoms with E-state index in [4.69, 9.17) is 25.2 Å². The Kier molecular flexibility index (Phi) is 5.45. The van der Waals surface area contributed by atoms with Gasteiger partial charge in [-0.05, 0) is 35.1 Å². The van der Waals surface area contributed by atoms with Gasteiger partial charge in [-0.3, -0.25) is 9.59 Å². The molecule has 6 heteroatoms. The molecule has 1 aliphatic rings. The molecular formula is C21H20B2O4. The fourth-order valence-corrected chi connectivity index (χ4v) is 4.03. The Balaban J connectivity index is 2.17. The molecule has 0 aliphatic heterocycles. The van der Waals surface area contributed by atoms with Crippen molar-refractivity contribution in [1.82, 2.24) is 0 Å². The fraction of sp³-hybridized carbons (Fsp3) is 0.333. The maximum atomic E-state index is 11.9. The number of esters is 2. The van der Waals surface area contributed by atoms with Crippen LogP contribution in [0.25, 0.3) is 11.1 Å². The van der Waals surface area contributed by atoms with Gasteiger partial charge in [-0.1, -0.05) is 47.3 Å². The number of benzene rings is 2. The molecule has 134 valence electrons. The Morgan fingerprint density at radius 3 is 1.59 bits per heavy atom. The Hall–Kier alpha value is -2.49. The summed E-state index contributed by atoms with van der Waals surface area (Å²) in [7, 11) is 14.9. The highest BCUT2D eigenvalue weighted by Crippen LogP contribution is 2.53. The van der Waals surface area contributed by atoms with Gasteiger partial charge in [-0.15, -0.1) is 0 Å². The number of rotatable bonds is 6. The summed E-state index contributed by atoms with van der Waals surface area (Å²) >= 11 is 0. The molecule has 2 aromatic carbocycles. The van der Waals surface area contributed by atoms with Crippen LogP contribution in [-0.2, 0) is 24.5 Å². The van der Waals surface area contributed by atoms with E-state index in [1.54, 1.807) is 0 Å². The smallest absolute Gasteiger partial charge is 0.305 e. The van der Waals surface area contributed by atoms with Crippen molar-refractivity contribution in [3.63, 3.8) is 0 Å². The summed E-state index contributed by atoms with van der Waals surface area (Å²) < 4.78 is 9.69. The quantitative estimate of drug-likeness (QED) is 0.580. The van der Waals surface area contributed by atoms with Crippen LogP contribution in [0.15, 0.2) is 36.4 Å². The molecule has 0 N–H and O–H groups in total. The summed E-state index contributed by atoms with van der Waals surface area (Å²) in [6.45, 7) is 0. The zero-order valence-electron chi connectivity index (χ0n) is 15.6. The van der Waals surface area contributed by atoms with Crippen LogP contribution in [0.4, 0.5) is 0 Å². The van der Waals surface area contributed by atoms with Crippen molar-refractivity contribution in [3.05, 3.63) is 47.5 Å². The van der Waals surface area contributed by atoms with Gasteiger partial charge in [-0.25, -0.2) is 0 Å². The van der Waals surface area contributed by atoms with Crippen molar-refractivity contribution in [2.75, 3.05) is 14.2 Å². The van der Waals surface area contributed by atoms with Crippen LogP contribution >= 0.6 is 0 Å². The fourth-order valence-electron chi connectivity index (χ4n) is 4.03. The number of hydrogen-bond donors (Lipinski definition) is 0. The van der Waals surface area contributed by atoms with Gasteiger partial charge in [0, 0.05) is 18.3 Å². The molecule has 0 fully saturated rings. The third kappa shape index (κ3) is 3.53. The molecule has 0 unspecified atom stereocenters. The van der Waals surface area contributed by atoms with E-state index in [2.05, 4.69) is 0 Å². The van der Waals surface area contributed by atoms with E-state index in [1.165, 1.54) is 14.2 Å². The molecule has 0 spiro atoms. The molecule has 2 aromatic rings. The standard InChI is InChI=1S/C21H20B2O4/c1-26-19(24)7-9-21(10-8-20(25)27-2)17-11-13(22)3-5-15(17)16-6-4-14(23)12-18(16)21/h3-6,11-12H,7-10H2,1-2H3. The predicted octanol–water partition coefficient (Wildman–Crippen LogP) is 1.45. The molecule has 0 heterocycles. The van der Waals surface area contributed by atoms with Crippen LogP contribution in [-0.4, -0.2) is 41.9 Å². The molecule has 0 atom stereocenters. The normalized spacial score (nSPS) is 13.6. The lowest BCUT2D eigenvalue weighted by Gasteiger charge is -2.32. The third-order valence-corrected chi connectivity index (χ3v) is 5.38. The highest BCUT2D eigenvalue weighted by atomic mass is 16.5. The summed E-state index contributed by atoms with van der Waals surface area (Å²) in [5.41, 5.74) is 4.83. The number of carbonyl (C=O) groups excluding carboxylic acids is 2. The number of ether oxygens (including phenoxy) is 2. The highest BCUT2D eigenvalue weighted by Gasteiger charge is 2.43. The number of fused-ring (bicyclic) bond motifs is 3. The average molecular weight is 358 g/mol. The van der Waals surface area contributed by atoms with Gasteiger partial charge in [-0.2, -0.15) is 0 Å². The molecule has 0 amide bonds. The van der Waals surface area contributed by atoms with Crippen LogP contribution in [0, 0.1) is 0 Å². The van der Waals surface area contributed by atoms with Gasteiger partial charge in [0.05, 0.1) is 14.2 Å². The monoisotopic (exact) mass is 358 g/mol. The lowest BCUT2D eigenvalue weighted by molar-refractivity contribution is -0.141. The maximum absolute atomic E-state index is 11.9. The summed E-state index contributed by atoms with van der Waals surface area (Å²) in [4.78, 5) is 23.8. The summed E-state index contributed by atoms with van der Waals surface area (Å²) in [6.07, 6.45) is 1.42. The first kappa shape index (κ1) is 19.3. The van der Waals surface area contributed by atoms with E-state index in [9.17, 15) is 9.59 Å². The second-order valence-corrected chi connectivity index (χ2v) is 6.84. The molecule has 4 nitrogen and oxygen atoms in total. The van der Waals surface area contributed by atoms with E-state index in [1.807, 2.05) is 36.4 Å². The van der Waals surface area contributed by atoms with Gasteiger partial charge in [0.25, 0.3) is 0 Å². The summed E-state index contributed by atoms with van der Waals surface area (Å²) in [5, 5.41) is 0. The van der Waals surface area contributed by atoms with Crippen molar-refractivity contribution >= 4 is 38.6 Å². The summed E-state index contributed by atoms with van der Waals surface area (Å²) in [6, 6.07) is 11.5. The minimum atomic E-state index is -0.558. The lowest BCUT2D eigenvalue weighted by atomic mass is 9.69. The zero-order valence-corrected chi connectivity index (χ0v) is 15.6. The second-order valence-electron chi connectivity index (χ2n) is 6.84. The van der Waals surface area contributed by atoms with E-state index in [0.29, 0.717) is 23.8 Å². The van der Waals surface area contributed by atoms with Crippen molar-refractivity contribution in [2.45, 2.75) is 31.1 Å². The summed E-state index contributed by atoms with van der Waals surface area (Å²) in [5.74, 6) is -0.592. The van der Waals surface area contributed by atoms with Crippen LogP contribution in [0.1, 0.15) is 36.8 Å². The van der Waals surface area contributed by atoms with E-state index in [-0.39, 0.29) is 24.8 Å². The van der Waals surface area contributed by atoms with Gasteiger partial charge >= 0.3 is 11.9 Å². The van der Waals surface area contributed by atoms with Gasteiger partial charge in [0.15, 0.2) is 0 Å². The number of methoxy groups -OCH3 is 2. The topological polar surface area (TPSA) is 52.6 Å². The minimum absolute atomic E-state index is 0.222. The minimum Gasteiger partial charge on any atom is -0.469 e. The molecule has 4 radical (unpaired) electrons. The second kappa shape index (κ2) is 7.63. The van der Waals surface area contributed by atoms with Gasteiger partial charge < -0.3 is 9.47 Å². The zero-order chi connectivity index (χ0) is 19.6. The number of hydrogen-bond acceptors (Lipinski definition) is 4.